The molecule has 1 amide bonds. The lowest BCUT2D eigenvalue weighted by Gasteiger charge is -2.13. The molecule has 1 saturated heterocycles. The number of benzene rings is 1. The minimum Gasteiger partial charge on any atom is -0.497 e. The van der Waals surface area contributed by atoms with E-state index in [4.69, 9.17) is 4.74 Å². The molecule has 0 saturated carbocycles. The summed E-state index contributed by atoms with van der Waals surface area (Å²) in [5.74, 6) is 1.02. The summed E-state index contributed by atoms with van der Waals surface area (Å²) in [6, 6.07) is 8.37. The number of rotatable bonds is 14. The average Bonchev–Trinajstić information content (AvgIpc) is 3.20. The summed E-state index contributed by atoms with van der Waals surface area (Å²) < 4.78 is 5.19. The summed E-state index contributed by atoms with van der Waals surface area (Å²) in [4.78, 5) is 12.3. The van der Waals surface area contributed by atoms with Gasteiger partial charge in [0.1, 0.15) is 5.75 Å². The Morgan fingerprint density at radius 2 is 1.75 bits per heavy atom. The zero-order chi connectivity index (χ0) is 20.0. The fourth-order valence-corrected chi connectivity index (χ4v) is 3.69. The Bertz CT molecular complexity index is 547. The van der Waals surface area contributed by atoms with E-state index < -0.39 is 0 Å². The van der Waals surface area contributed by atoms with Crippen LogP contribution in [-0.2, 0) is 11.3 Å². The number of methoxy groups -OCH3 is 1. The molecule has 1 aromatic carbocycles. The number of hydrogen-bond acceptors (Lipinski definition) is 4. The van der Waals surface area contributed by atoms with Gasteiger partial charge < -0.3 is 20.7 Å². The van der Waals surface area contributed by atoms with Crippen molar-refractivity contribution in [1.29, 1.82) is 0 Å². The van der Waals surface area contributed by atoms with Crippen molar-refractivity contribution in [2.75, 3.05) is 20.2 Å². The van der Waals surface area contributed by atoms with Gasteiger partial charge in [0.2, 0.25) is 5.91 Å². The van der Waals surface area contributed by atoms with Crippen LogP contribution in [0.15, 0.2) is 24.3 Å². The van der Waals surface area contributed by atoms with Gasteiger partial charge in [-0.25, -0.2) is 0 Å². The summed E-state index contributed by atoms with van der Waals surface area (Å²) in [7, 11) is 1.68. The Hall–Kier alpha value is -1.59. The summed E-state index contributed by atoms with van der Waals surface area (Å²) in [6.45, 7) is 4.70. The first-order valence-corrected chi connectivity index (χ1v) is 11.1. The second-order valence-electron chi connectivity index (χ2n) is 7.89. The largest absolute Gasteiger partial charge is 0.497 e. The molecule has 3 N–H and O–H groups in total. The molecule has 158 valence electrons. The van der Waals surface area contributed by atoms with Gasteiger partial charge in [0.05, 0.1) is 13.2 Å². The van der Waals surface area contributed by atoms with E-state index in [0.717, 1.165) is 38.2 Å². The molecular weight excluding hydrogens is 350 g/mol. The van der Waals surface area contributed by atoms with Crippen LogP contribution in [0.25, 0.3) is 0 Å². The van der Waals surface area contributed by atoms with E-state index in [1.54, 1.807) is 7.11 Å². The van der Waals surface area contributed by atoms with Gasteiger partial charge in [-0.05, 0) is 30.5 Å². The van der Waals surface area contributed by atoms with Crippen molar-refractivity contribution >= 4 is 5.91 Å². The zero-order valence-electron chi connectivity index (χ0n) is 17.8. The van der Waals surface area contributed by atoms with Gasteiger partial charge in [-0.2, -0.15) is 0 Å². The maximum Gasteiger partial charge on any atom is 0.237 e. The quantitative estimate of drug-likeness (QED) is 0.424. The highest BCUT2D eigenvalue weighted by molar-refractivity contribution is 5.82. The molecule has 1 aliphatic rings. The third kappa shape index (κ3) is 8.61. The van der Waals surface area contributed by atoms with E-state index in [1.807, 2.05) is 12.1 Å². The minimum atomic E-state index is -0.0672. The fourth-order valence-electron chi connectivity index (χ4n) is 3.69. The molecule has 2 atom stereocenters. The fraction of sp³-hybridized carbons (Fsp3) is 0.696. The third-order valence-corrected chi connectivity index (χ3v) is 5.53. The lowest BCUT2D eigenvalue weighted by molar-refractivity contribution is -0.122. The number of nitrogens with one attached hydrogen (secondary N) is 3. The number of carbonyl (C=O) groups excluding carboxylic acids is 1. The van der Waals surface area contributed by atoms with Crippen LogP contribution in [0.4, 0.5) is 0 Å². The van der Waals surface area contributed by atoms with Gasteiger partial charge >= 0.3 is 0 Å². The molecular formula is C23H39N3O2. The number of hydrogen-bond donors (Lipinski definition) is 3. The van der Waals surface area contributed by atoms with Gasteiger partial charge in [0.15, 0.2) is 0 Å². The van der Waals surface area contributed by atoms with E-state index in [1.165, 1.54) is 50.5 Å². The average molecular weight is 390 g/mol. The van der Waals surface area contributed by atoms with Crippen molar-refractivity contribution in [3.05, 3.63) is 29.8 Å². The van der Waals surface area contributed by atoms with E-state index in [-0.39, 0.29) is 11.9 Å². The SMILES string of the molecule is CCCCCCCCCCNC(=O)C1CC(NCc2ccc(OC)cc2)CN1. The van der Waals surface area contributed by atoms with Crippen LogP contribution in [0.1, 0.15) is 70.3 Å². The highest BCUT2D eigenvalue weighted by Crippen LogP contribution is 2.13. The second-order valence-corrected chi connectivity index (χ2v) is 7.89. The smallest absolute Gasteiger partial charge is 0.237 e. The molecule has 0 radical (unpaired) electrons. The summed E-state index contributed by atoms with van der Waals surface area (Å²) >= 11 is 0. The minimum absolute atomic E-state index is 0.0672. The molecule has 2 rings (SSSR count). The van der Waals surface area contributed by atoms with Crippen molar-refractivity contribution in [3.63, 3.8) is 0 Å². The zero-order valence-corrected chi connectivity index (χ0v) is 17.8. The Morgan fingerprint density at radius 3 is 2.43 bits per heavy atom. The van der Waals surface area contributed by atoms with E-state index in [9.17, 15) is 4.79 Å². The molecule has 0 aliphatic carbocycles. The Morgan fingerprint density at radius 1 is 1.07 bits per heavy atom. The Kier molecular flexibility index (Phi) is 11.0. The normalized spacial score (nSPS) is 18.9. The van der Waals surface area contributed by atoms with Crippen LogP contribution in [0.5, 0.6) is 5.75 Å². The predicted molar refractivity (Wildman–Crippen MR) is 116 cm³/mol. The molecule has 0 bridgehead atoms. The maximum atomic E-state index is 12.3. The van der Waals surface area contributed by atoms with Gasteiger partial charge in [0, 0.05) is 25.7 Å². The van der Waals surface area contributed by atoms with Crippen molar-refractivity contribution in [2.45, 2.75) is 83.3 Å². The first-order valence-electron chi connectivity index (χ1n) is 11.1. The van der Waals surface area contributed by atoms with Crippen molar-refractivity contribution in [3.8, 4) is 5.75 Å². The van der Waals surface area contributed by atoms with Crippen LogP contribution < -0.4 is 20.7 Å². The number of carbonyl (C=O) groups is 1. The second kappa shape index (κ2) is 13.6. The molecule has 0 spiro atoms. The van der Waals surface area contributed by atoms with Crippen molar-refractivity contribution in [2.24, 2.45) is 0 Å². The van der Waals surface area contributed by atoms with Crippen LogP contribution in [0.3, 0.4) is 0 Å². The molecule has 1 aromatic rings. The first kappa shape index (κ1) is 22.7. The molecule has 1 aliphatic heterocycles. The van der Waals surface area contributed by atoms with E-state index in [2.05, 4.69) is 35.0 Å². The Labute approximate surface area is 171 Å². The van der Waals surface area contributed by atoms with Gasteiger partial charge in [-0.15, -0.1) is 0 Å². The first-order chi connectivity index (χ1) is 13.7. The maximum absolute atomic E-state index is 12.3. The topological polar surface area (TPSA) is 62.4 Å². The molecule has 2 unspecified atom stereocenters. The third-order valence-electron chi connectivity index (χ3n) is 5.53. The molecule has 5 heteroatoms. The summed E-state index contributed by atoms with van der Waals surface area (Å²) in [5.41, 5.74) is 1.23. The lowest BCUT2D eigenvalue weighted by atomic mass is 10.1. The van der Waals surface area contributed by atoms with Crippen molar-refractivity contribution in [1.82, 2.24) is 16.0 Å². The molecule has 0 aromatic heterocycles. The number of ether oxygens (including phenoxy) is 1. The monoisotopic (exact) mass is 389 g/mol. The van der Waals surface area contributed by atoms with Crippen LogP contribution in [0.2, 0.25) is 0 Å². The Balaban J connectivity index is 1.51. The molecule has 28 heavy (non-hydrogen) atoms. The summed E-state index contributed by atoms with van der Waals surface area (Å²) in [6.07, 6.45) is 11.2. The van der Waals surface area contributed by atoms with Crippen LogP contribution >= 0.6 is 0 Å². The van der Waals surface area contributed by atoms with Gasteiger partial charge in [-0.3, -0.25) is 4.79 Å². The lowest BCUT2D eigenvalue weighted by Crippen LogP contribution is -2.40. The highest BCUT2D eigenvalue weighted by atomic mass is 16.5. The summed E-state index contributed by atoms with van der Waals surface area (Å²) in [5, 5.41) is 9.99. The molecule has 1 fully saturated rings. The van der Waals surface area contributed by atoms with Crippen molar-refractivity contribution < 1.29 is 9.53 Å². The molecule has 5 nitrogen and oxygen atoms in total. The van der Waals surface area contributed by atoms with Gasteiger partial charge in [-0.1, -0.05) is 64.0 Å². The standard InChI is InChI=1S/C23H39N3O2/c1-3-4-5-6-7-8-9-10-15-24-23(27)22-16-20(18-26-22)25-17-19-11-13-21(28-2)14-12-19/h11-14,20,22,25-26H,3-10,15-18H2,1-2H3,(H,24,27). The van der Waals surface area contributed by atoms with Crippen LogP contribution in [-0.4, -0.2) is 38.2 Å². The van der Waals surface area contributed by atoms with E-state index in [0.29, 0.717) is 6.04 Å². The number of unbranched alkanes of at least 4 members (excludes halogenated alkanes) is 7. The molecule has 1 heterocycles. The van der Waals surface area contributed by atoms with Crippen LogP contribution in [0, 0.1) is 0 Å². The highest BCUT2D eigenvalue weighted by Gasteiger charge is 2.28. The number of amides is 1. The van der Waals surface area contributed by atoms with E-state index >= 15 is 0 Å². The predicted octanol–water partition coefficient (Wildman–Crippen LogP) is 3.77. The van der Waals surface area contributed by atoms with Gasteiger partial charge in [0.25, 0.3) is 0 Å².